The molecule has 136 valence electrons. The molecule has 26 heavy (non-hydrogen) atoms. The summed E-state index contributed by atoms with van der Waals surface area (Å²) in [5.74, 6) is -2.52. The van der Waals surface area contributed by atoms with Crippen LogP contribution in [0.25, 0.3) is 6.08 Å². The van der Waals surface area contributed by atoms with E-state index in [0.29, 0.717) is 4.47 Å². The molecule has 0 saturated heterocycles. The van der Waals surface area contributed by atoms with Crippen LogP contribution in [0.1, 0.15) is 12.5 Å². The van der Waals surface area contributed by atoms with Gasteiger partial charge in [0, 0.05) is 16.1 Å². The van der Waals surface area contributed by atoms with Gasteiger partial charge in [-0.25, -0.2) is 8.78 Å². The minimum Gasteiger partial charge on any atom is -0.478 e. The zero-order chi connectivity index (χ0) is 19.1. The van der Waals surface area contributed by atoms with Gasteiger partial charge >= 0.3 is 0 Å². The smallest absolute Gasteiger partial charge is 0.279 e. The molecule has 0 aliphatic heterocycles. The van der Waals surface area contributed by atoms with Crippen molar-refractivity contribution in [2.75, 3.05) is 0 Å². The van der Waals surface area contributed by atoms with Crippen LogP contribution >= 0.6 is 15.9 Å². The minimum atomic E-state index is -1.04. The summed E-state index contributed by atoms with van der Waals surface area (Å²) in [4.78, 5) is 23.6. The molecule has 2 aromatic rings. The Hall–Kier alpha value is -2.74. The van der Waals surface area contributed by atoms with Crippen molar-refractivity contribution in [3.8, 4) is 5.75 Å². The van der Waals surface area contributed by atoms with Gasteiger partial charge in [-0.1, -0.05) is 28.1 Å². The summed E-state index contributed by atoms with van der Waals surface area (Å²) in [5.41, 5.74) is 4.48. The van der Waals surface area contributed by atoms with Gasteiger partial charge in [0.25, 0.3) is 11.8 Å². The number of halogens is 3. The van der Waals surface area contributed by atoms with Gasteiger partial charge in [0.2, 0.25) is 0 Å². The largest absolute Gasteiger partial charge is 0.478 e. The molecule has 2 aromatic carbocycles. The molecule has 0 heterocycles. The minimum absolute atomic E-state index is 0.0773. The lowest BCUT2D eigenvalue weighted by atomic mass is 10.2. The van der Waals surface area contributed by atoms with Crippen molar-refractivity contribution in [3.63, 3.8) is 0 Å². The maximum absolute atomic E-state index is 13.6. The molecule has 0 saturated carbocycles. The fraction of sp³-hybridized carbons (Fsp3) is 0.111. The van der Waals surface area contributed by atoms with E-state index in [0.717, 1.165) is 6.08 Å². The number of para-hydroxylation sites is 1. The molecule has 5 nitrogen and oxygen atoms in total. The fourth-order valence-electron chi connectivity index (χ4n) is 1.86. The van der Waals surface area contributed by atoms with Gasteiger partial charge in [-0.05, 0) is 43.3 Å². The summed E-state index contributed by atoms with van der Waals surface area (Å²) in [6.45, 7) is 1.40. The molecule has 2 rings (SSSR count). The van der Waals surface area contributed by atoms with E-state index in [-0.39, 0.29) is 11.3 Å². The zero-order valence-corrected chi connectivity index (χ0v) is 15.2. The van der Waals surface area contributed by atoms with Gasteiger partial charge in [-0.3, -0.25) is 20.4 Å². The second-order valence-corrected chi connectivity index (χ2v) is 6.08. The Morgan fingerprint density at radius 1 is 1.12 bits per heavy atom. The standard InChI is InChI=1S/C18H15BrF2N2O3/c1-11(26-16-5-3-2-4-15(16)21)18(25)23-22-17(24)9-6-12-10-13(19)7-8-14(12)20/h2-11H,1H3,(H,22,24)(H,23,25)/b9-6+. The Balaban J connectivity index is 1.86. The zero-order valence-electron chi connectivity index (χ0n) is 13.6. The molecule has 2 amide bonds. The van der Waals surface area contributed by atoms with Gasteiger partial charge in [0.05, 0.1) is 0 Å². The number of ether oxygens (including phenoxy) is 1. The van der Waals surface area contributed by atoms with Gasteiger partial charge in [0.1, 0.15) is 5.82 Å². The summed E-state index contributed by atoms with van der Waals surface area (Å²) >= 11 is 3.20. The first-order chi connectivity index (χ1) is 12.4. The van der Waals surface area contributed by atoms with E-state index in [1.165, 1.54) is 49.4 Å². The molecule has 0 spiro atoms. The van der Waals surface area contributed by atoms with Gasteiger partial charge in [-0.15, -0.1) is 0 Å². The first-order valence-corrected chi connectivity index (χ1v) is 8.30. The SMILES string of the molecule is CC(Oc1ccccc1F)C(=O)NNC(=O)/C=C/c1cc(Br)ccc1F. The number of hydrogen-bond donors (Lipinski definition) is 2. The average Bonchev–Trinajstić information content (AvgIpc) is 2.62. The van der Waals surface area contributed by atoms with Crippen molar-refractivity contribution in [3.05, 3.63) is 70.2 Å². The highest BCUT2D eigenvalue weighted by atomic mass is 79.9. The monoisotopic (exact) mass is 424 g/mol. The van der Waals surface area contributed by atoms with Crippen LogP contribution in [0.15, 0.2) is 53.0 Å². The van der Waals surface area contributed by atoms with Crippen LogP contribution in [-0.4, -0.2) is 17.9 Å². The van der Waals surface area contributed by atoms with Crippen molar-refractivity contribution in [1.82, 2.24) is 10.9 Å². The molecule has 2 N–H and O–H groups in total. The van der Waals surface area contributed by atoms with E-state index in [2.05, 4.69) is 26.8 Å². The van der Waals surface area contributed by atoms with Crippen molar-refractivity contribution in [1.29, 1.82) is 0 Å². The van der Waals surface area contributed by atoms with Crippen molar-refractivity contribution in [2.45, 2.75) is 13.0 Å². The predicted molar refractivity (Wildman–Crippen MR) is 95.9 cm³/mol. The molecule has 1 unspecified atom stereocenters. The number of rotatable bonds is 5. The average molecular weight is 425 g/mol. The van der Waals surface area contributed by atoms with E-state index >= 15 is 0 Å². The van der Waals surface area contributed by atoms with Crippen molar-refractivity contribution in [2.24, 2.45) is 0 Å². The first kappa shape index (κ1) is 19.6. The molecule has 0 aliphatic rings. The molecule has 0 aliphatic carbocycles. The number of benzene rings is 2. The van der Waals surface area contributed by atoms with E-state index in [9.17, 15) is 18.4 Å². The third kappa shape index (κ3) is 5.66. The van der Waals surface area contributed by atoms with Crippen LogP contribution in [0.4, 0.5) is 8.78 Å². The molecule has 8 heteroatoms. The number of hydrazine groups is 1. The third-order valence-corrected chi connectivity index (χ3v) is 3.68. The number of carbonyl (C=O) groups excluding carboxylic acids is 2. The Labute approximate surface area is 157 Å². The maximum atomic E-state index is 13.6. The van der Waals surface area contributed by atoms with Crippen molar-refractivity contribution < 1.29 is 23.1 Å². The molecule has 0 aromatic heterocycles. The highest BCUT2D eigenvalue weighted by Gasteiger charge is 2.16. The summed E-state index contributed by atoms with van der Waals surface area (Å²) in [6.07, 6.45) is 1.28. The van der Waals surface area contributed by atoms with E-state index < -0.39 is 29.6 Å². The van der Waals surface area contributed by atoms with Crippen LogP contribution in [0.3, 0.4) is 0 Å². The number of amides is 2. The Kier molecular flexibility index (Phi) is 6.85. The Morgan fingerprint density at radius 2 is 1.85 bits per heavy atom. The lowest BCUT2D eigenvalue weighted by molar-refractivity contribution is -0.131. The molecular formula is C18H15BrF2N2O3. The first-order valence-electron chi connectivity index (χ1n) is 7.51. The summed E-state index contributed by atoms with van der Waals surface area (Å²) in [7, 11) is 0. The maximum Gasteiger partial charge on any atom is 0.279 e. The van der Waals surface area contributed by atoms with Crippen LogP contribution in [0, 0.1) is 11.6 Å². The lowest BCUT2D eigenvalue weighted by Crippen LogP contribution is -2.46. The van der Waals surface area contributed by atoms with Gasteiger partial charge < -0.3 is 4.74 Å². The molecule has 0 radical (unpaired) electrons. The molecule has 0 bridgehead atoms. The Bertz CT molecular complexity index is 843. The highest BCUT2D eigenvalue weighted by Crippen LogP contribution is 2.17. The number of hydrogen-bond acceptors (Lipinski definition) is 3. The lowest BCUT2D eigenvalue weighted by Gasteiger charge is -2.15. The quantitative estimate of drug-likeness (QED) is 0.571. The summed E-state index contributed by atoms with van der Waals surface area (Å²) in [5, 5.41) is 0. The van der Waals surface area contributed by atoms with Crippen LogP contribution in [0.2, 0.25) is 0 Å². The van der Waals surface area contributed by atoms with E-state index in [1.54, 1.807) is 6.07 Å². The predicted octanol–water partition coefficient (Wildman–Crippen LogP) is 3.36. The Morgan fingerprint density at radius 3 is 2.58 bits per heavy atom. The molecule has 0 fully saturated rings. The van der Waals surface area contributed by atoms with Crippen LogP contribution < -0.4 is 15.6 Å². The topological polar surface area (TPSA) is 67.4 Å². The number of carbonyl (C=O) groups is 2. The summed E-state index contributed by atoms with van der Waals surface area (Å²) in [6, 6.07) is 9.93. The van der Waals surface area contributed by atoms with Gasteiger partial charge in [-0.2, -0.15) is 0 Å². The second kappa shape index (κ2) is 9.10. The fourth-order valence-corrected chi connectivity index (χ4v) is 2.24. The molecule has 1 atom stereocenters. The third-order valence-electron chi connectivity index (χ3n) is 3.19. The van der Waals surface area contributed by atoms with E-state index in [1.807, 2.05) is 0 Å². The van der Waals surface area contributed by atoms with Crippen LogP contribution in [-0.2, 0) is 9.59 Å². The summed E-state index contributed by atoms with van der Waals surface area (Å²) < 4.78 is 32.9. The molecular weight excluding hydrogens is 410 g/mol. The van der Waals surface area contributed by atoms with Crippen molar-refractivity contribution >= 4 is 33.8 Å². The van der Waals surface area contributed by atoms with E-state index in [4.69, 9.17) is 4.74 Å². The van der Waals surface area contributed by atoms with Crippen LogP contribution in [0.5, 0.6) is 5.75 Å². The second-order valence-electron chi connectivity index (χ2n) is 5.17. The van der Waals surface area contributed by atoms with Gasteiger partial charge in [0.15, 0.2) is 17.7 Å². The normalized spacial score (nSPS) is 11.8. The highest BCUT2D eigenvalue weighted by molar-refractivity contribution is 9.10. The number of nitrogens with one attached hydrogen (secondary N) is 2.